The molecule has 0 unspecified atom stereocenters. The summed E-state index contributed by atoms with van der Waals surface area (Å²) in [6.07, 6.45) is 6.91. The number of amides is 1. The van der Waals surface area contributed by atoms with Crippen molar-refractivity contribution in [1.29, 1.82) is 0 Å². The average molecular weight is 251 g/mol. The minimum Gasteiger partial charge on any atom is -0.342 e. The summed E-state index contributed by atoms with van der Waals surface area (Å²) < 4.78 is 0. The highest BCUT2D eigenvalue weighted by Crippen LogP contribution is 2.21. The largest absolute Gasteiger partial charge is 0.342 e. The molecular weight excluding hydrogens is 234 g/mol. The second kappa shape index (κ2) is 6.00. The third kappa shape index (κ3) is 3.43. The van der Waals surface area contributed by atoms with Crippen LogP contribution in [0.4, 0.5) is 0 Å². The number of hydrogen-bond donors (Lipinski definition) is 0. The Labute approximate surface area is 106 Å². The zero-order chi connectivity index (χ0) is 12.1. The number of hydrogen-bond acceptors (Lipinski definition) is 4. The second-order valence-corrected chi connectivity index (χ2v) is 5.49. The van der Waals surface area contributed by atoms with Gasteiger partial charge in [0.05, 0.1) is 5.25 Å². The molecule has 0 saturated carbocycles. The molecule has 1 fully saturated rings. The summed E-state index contributed by atoms with van der Waals surface area (Å²) in [7, 11) is 0. The Bertz CT molecular complexity index is 365. The monoisotopic (exact) mass is 251 g/mol. The number of thioether (sulfide) groups is 1. The molecule has 5 heteroatoms. The van der Waals surface area contributed by atoms with E-state index >= 15 is 0 Å². The van der Waals surface area contributed by atoms with Crippen LogP contribution in [-0.4, -0.2) is 39.1 Å². The van der Waals surface area contributed by atoms with Crippen molar-refractivity contribution in [3.8, 4) is 0 Å². The third-order valence-electron chi connectivity index (χ3n) is 2.84. The number of aromatic nitrogens is 2. The summed E-state index contributed by atoms with van der Waals surface area (Å²) in [6.45, 7) is 3.73. The summed E-state index contributed by atoms with van der Waals surface area (Å²) in [5.41, 5.74) is 0. The molecule has 0 N–H and O–H groups in total. The van der Waals surface area contributed by atoms with Crippen LogP contribution >= 0.6 is 11.8 Å². The second-order valence-electron chi connectivity index (χ2n) is 4.18. The molecule has 17 heavy (non-hydrogen) atoms. The zero-order valence-corrected chi connectivity index (χ0v) is 10.8. The van der Waals surface area contributed by atoms with Crippen LogP contribution in [0.15, 0.2) is 23.6 Å². The van der Waals surface area contributed by atoms with E-state index < -0.39 is 0 Å². The van der Waals surface area contributed by atoms with Crippen molar-refractivity contribution >= 4 is 17.7 Å². The van der Waals surface area contributed by atoms with Gasteiger partial charge in [-0.1, -0.05) is 11.8 Å². The summed E-state index contributed by atoms with van der Waals surface area (Å²) >= 11 is 1.43. The molecule has 0 radical (unpaired) electrons. The summed E-state index contributed by atoms with van der Waals surface area (Å²) in [5.74, 6) is 0.210. The van der Waals surface area contributed by atoms with Crippen LogP contribution in [0.1, 0.15) is 26.2 Å². The normalized spacial score (nSPS) is 17.8. The van der Waals surface area contributed by atoms with Crippen LogP contribution in [0, 0.1) is 0 Å². The number of rotatable bonds is 3. The van der Waals surface area contributed by atoms with Gasteiger partial charge in [0.25, 0.3) is 0 Å². The quantitative estimate of drug-likeness (QED) is 0.608. The van der Waals surface area contributed by atoms with Gasteiger partial charge in [0.1, 0.15) is 0 Å². The molecule has 1 saturated heterocycles. The maximum atomic E-state index is 12.2. The first-order valence-electron chi connectivity index (χ1n) is 6.00. The fraction of sp³-hybridized carbons (Fsp3) is 0.583. The van der Waals surface area contributed by atoms with Gasteiger partial charge < -0.3 is 4.90 Å². The van der Waals surface area contributed by atoms with E-state index in [2.05, 4.69) is 9.97 Å². The highest BCUT2D eigenvalue weighted by molar-refractivity contribution is 8.00. The molecule has 0 aromatic carbocycles. The molecule has 0 spiro atoms. The maximum absolute atomic E-state index is 12.2. The van der Waals surface area contributed by atoms with E-state index in [1.807, 2.05) is 11.8 Å². The molecule has 1 aromatic rings. The van der Waals surface area contributed by atoms with Crippen molar-refractivity contribution in [1.82, 2.24) is 14.9 Å². The lowest BCUT2D eigenvalue weighted by Crippen LogP contribution is -2.40. The summed E-state index contributed by atoms with van der Waals surface area (Å²) in [5, 5.41) is 0.570. The van der Waals surface area contributed by atoms with Crippen molar-refractivity contribution < 1.29 is 4.79 Å². The van der Waals surface area contributed by atoms with Crippen molar-refractivity contribution in [2.24, 2.45) is 0 Å². The smallest absolute Gasteiger partial charge is 0.235 e. The van der Waals surface area contributed by atoms with Gasteiger partial charge in [-0.05, 0) is 32.3 Å². The molecule has 2 heterocycles. The lowest BCUT2D eigenvalue weighted by Gasteiger charge is -2.28. The SMILES string of the molecule is C[C@H](Sc1ncccn1)C(=O)N1CCCCC1. The Balaban J connectivity index is 1.90. The standard InChI is InChI=1S/C12H17N3OS/c1-10(17-12-13-6-5-7-14-12)11(16)15-8-3-2-4-9-15/h5-7,10H,2-4,8-9H2,1H3/t10-/m0/s1. The van der Waals surface area contributed by atoms with Crippen LogP contribution in [0.25, 0.3) is 0 Å². The van der Waals surface area contributed by atoms with E-state index in [0.717, 1.165) is 25.9 Å². The van der Waals surface area contributed by atoms with Gasteiger partial charge in [0, 0.05) is 25.5 Å². The van der Waals surface area contributed by atoms with E-state index in [1.54, 1.807) is 18.5 Å². The van der Waals surface area contributed by atoms with Crippen LogP contribution in [-0.2, 0) is 4.79 Å². The highest BCUT2D eigenvalue weighted by Gasteiger charge is 2.23. The Morgan fingerprint density at radius 1 is 1.29 bits per heavy atom. The number of carbonyl (C=O) groups excluding carboxylic acids is 1. The maximum Gasteiger partial charge on any atom is 0.235 e. The molecule has 92 valence electrons. The minimum absolute atomic E-state index is 0.101. The summed E-state index contributed by atoms with van der Waals surface area (Å²) in [4.78, 5) is 22.4. The van der Waals surface area contributed by atoms with E-state index in [1.165, 1.54) is 18.2 Å². The minimum atomic E-state index is -0.101. The fourth-order valence-electron chi connectivity index (χ4n) is 1.93. The van der Waals surface area contributed by atoms with E-state index in [4.69, 9.17) is 0 Å². The number of nitrogens with zero attached hydrogens (tertiary/aromatic N) is 3. The lowest BCUT2D eigenvalue weighted by atomic mass is 10.1. The topological polar surface area (TPSA) is 46.1 Å². The molecule has 1 amide bonds. The van der Waals surface area contributed by atoms with Gasteiger partial charge in [-0.15, -0.1) is 0 Å². The molecule has 1 aromatic heterocycles. The van der Waals surface area contributed by atoms with Gasteiger partial charge in [0.15, 0.2) is 5.16 Å². The molecule has 1 aliphatic heterocycles. The molecule has 0 aliphatic carbocycles. The van der Waals surface area contributed by atoms with Gasteiger partial charge >= 0.3 is 0 Å². The molecule has 4 nitrogen and oxygen atoms in total. The Kier molecular flexibility index (Phi) is 4.36. The Morgan fingerprint density at radius 3 is 2.59 bits per heavy atom. The number of likely N-dealkylation sites (tertiary alicyclic amines) is 1. The van der Waals surface area contributed by atoms with Gasteiger partial charge in [0.2, 0.25) is 5.91 Å². The first kappa shape index (κ1) is 12.4. The van der Waals surface area contributed by atoms with E-state index in [0.29, 0.717) is 5.16 Å². The van der Waals surface area contributed by atoms with Crippen molar-refractivity contribution in [3.63, 3.8) is 0 Å². The number of piperidine rings is 1. The van der Waals surface area contributed by atoms with Crippen LogP contribution in [0.3, 0.4) is 0 Å². The predicted molar refractivity (Wildman–Crippen MR) is 67.8 cm³/mol. The van der Waals surface area contributed by atoms with E-state index in [9.17, 15) is 4.79 Å². The molecule has 0 bridgehead atoms. The summed E-state index contributed by atoms with van der Waals surface area (Å²) in [6, 6.07) is 1.78. The predicted octanol–water partition coefficient (Wildman–Crippen LogP) is 1.97. The first-order valence-corrected chi connectivity index (χ1v) is 6.88. The van der Waals surface area contributed by atoms with Crippen molar-refractivity contribution in [2.75, 3.05) is 13.1 Å². The van der Waals surface area contributed by atoms with Crippen LogP contribution < -0.4 is 0 Å². The fourth-order valence-corrected chi connectivity index (χ4v) is 2.74. The third-order valence-corrected chi connectivity index (χ3v) is 3.82. The Morgan fingerprint density at radius 2 is 1.94 bits per heavy atom. The molecule has 1 atom stereocenters. The number of carbonyl (C=O) groups is 1. The zero-order valence-electron chi connectivity index (χ0n) is 10.0. The first-order chi connectivity index (χ1) is 8.27. The van der Waals surface area contributed by atoms with Crippen molar-refractivity contribution in [3.05, 3.63) is 18.5 Å². The lowest BCUT2D eigenvalue weighted by molar-refractivity contribution is -0.131. The molecule has 1 aliphatic rings. The highest BCUT2D eigenvalue weighted by atomic mass is 32.2. The average Bonchev–Trinajstić information content (AvgIpc) is 2.40. The molecule has 2 rings (SSSR count). The van der Waals surface area contributed by atoms with Crippen molar-refractivity contribution in [2.45, 2.75) is 36.6 Å². The van der Waals surface area contributed by atoms with Crippen LogP contribution in [0.2, 0.25) is 0 Å². The van der Waals surface area contributed by atoms with Gasteiger partial charge in [-0.3, -0.25) is 4.79 Å². The molecular formula is C12H17N3OS. The van der Waals surface area contributed by atoms with Crippen LogP contribution in [0.5, 0.6) is 0 Å². The van der Waals surface area contributed by atoms with Gasteiger partial charge in [-0.2, -0.15) is 0 Å². The van der Waals surface area contributed by atoms with E-state index in [-0.39, 0.29) is 11.2 Å². The Hall–Kier alpha value is -1.10. The van der Waals surface area contributed by atoms with Gasteiger partial charge in [-0.25, -0.2) is 9.97 Å².